The van der Waals surface area contributed by atoms with Crippen molar-refractivity contribution in [1.29, 1.82) is 0 Å². The number of hydrogen-bond donors (Lipinski definition) is 0. The number of rotatable bonds is 1. The van der Waals surface area contributed by atoms with E-state index >= 15 is 0 Å². The van der Waals surface area contributed by atoms with E-state index in [-0.39, 0.29) is 0 Å². The first-order chi connectivity index (χ1) is 7.56. The van der Waals surface area contributed by atoms with Gasteiger partial charge in [0, 0.05) is 12.3 Å². The molecule has 2 aromatic heterocycles. The van der Waals surface area contributed by atoms with Crippen molar-refractivity contribution < 1.29 is 0 Å². The SMILES string of the molecule is Cc1cnc(-c2nc(Cl)cc(Cl)n2)c(C)c1. The molecule has 0 saturated heterocycles. The van der Waals surface area contributed by atoms with Crippen LogP contribution in [0, 0.1) is 13.8 Å². The average molecular weight is 254 g/mol. The van der Waals surface area contributed by atoms with Crippen LogP contribution in [0.25, 0.3) is 11.5 Å². The zero-order chi connectivity index (χ0) is 11.7. The number of nitrogens with zero attached hydrogens (tertiary/aromatic N) is 3. The molecule has 0 unspecified atom stereocenters. The Morgan fingerprint density at radius 2 is 1.62 bits per heavy atom. The topological polar surface area (TPSA) is 38.7 Å². The van der Waals surface area contributed by atoms with Gasteiger partial charge in [0.1, 0.15) is 16.0 Å². The first-order valence-corrected chi connectivity index (χ1v) is 5.45. The molecule has 0 N–H and O–H groups in total. The molecule has 0 aliphatic heterocycles. The molecular formula is C11H9Cl2N3. The molecule has 0 bridgehead atoms. The van der Waals surface area contributed by atoms with Gasteiger partial charge in [0.05, 0.1) is 0 Å². The standard InChI is InChI=1S/C11H9Cl2N3/c1-6-3-7(2)10(14-5-6)11-15-8(12)4-9(13)16-11/h3-5H,1-2H3. The Balaban J connectivity index is 2.58. The normalized spacial score (nSPS) is 10.5. The van der Waals surface area contributed by atoms with Gasteiger partial charge in [-0.3, -0.25) is 4.98 Å². The maximum atomic E-state index is 5.82. The van der Waals surface area contributed by atoms with Crippen LogP contribution in [-0.4, -0.2) is 15.0 Å². The number of halogens is 2. The van der Waals surface area contributed by atoms with Gasteiger partial charge in [0.15, 0.2) is 5.82 Å². The Morgan fingerprint density at radius 3 is 2.19 bits per heavy atom. The summed E-state index contributed by atoms with van der Waals surface area (Å²) in [5.41, 5.74) is 2.79. The van der Waals surface area contributed by atoms with Gasteiger partial charge in [-0.25, -0.2) is 9.97 Å². The minimum absolute atomic E-state index is 0.316. The fourth-order valence-electron chi connectivity index (χ4n) is 1.45. The summed E-state index contributed by atoms with van der Waals surface area (Å²) in [5, 5.41) is 0.633. The number of hydrogen-bond acceptors (Lipinski definition) is 3. The van der Waals surface area contributed by atoms with E-state index in [4.69, 9.17) is 23.2 Å². The molecule has 0 aliphatic rings. The summed E-state index contributed by atoms with van der Waals surface area (Å²) < 4.78 is 0. The van der Waals surface area contributed by atoms with Crippen LogP contribution in [0.3, 0.4) is 0 Å². The van der Waals surface area contributed by atoms with E-state index in [0.717, 1.165) is 11.1 Å². The first-order valence-electron chi connectivity index (χ1n) is 4.70. The lowest BCUT2D eigenvalue weighted by Crippen LogP contribution is -1.96. The highest BCUT2D eigenvalue weighted by atomic mass is 35.5. The Labute approximate surface area is 103 Å². The molecule has 2 aromatic rings. The lowest BCUT2D eigenvalue weighted by atomic mass is 10.1. The van der Waals surface area contributed by atoms with Crippen LogP contribution in [-0.2, 0) is 0 Å². The van der Waals surface area contributed by atoms with Crippen molar-refractivity contribution in [3.63, 3.8) is 0 Å². The summed E-state index contributed by atoms with van der Waals surface area (Å²) in [4.78, 5) is 12.5. The summed E-state index contributed by atoms with van der Waals surface area (Å²) in [6.07, 6.45) is 1.76. The van der Waals surface area contributed by atoms with E-state index in [1.807, 2.05) is 19.9 Å². The number of aromatic nitrogens is 3. The molecule has 0 saturated carbocycles. The number of pyridine rings is 1. The van der Waals surface area contributed by atoms with E-state index in [1.54, 1.807) is 6.20 Å². The number of aryl methyl sites for hydroxylation is 2. The van der Waals surface area contributed by atoms with Crippen LogP contribution in [0.4, 0.5) is 0 Å². The van der Waals surface area contributed by atoms with Crippen molar-refractivity contribution >= 4 is 23.2 Å². The molecular weight excluding hydrogens is 245 g/mol. The molecule has 82 valence electrons. The Morgan fingerprint density at radius 1 is 1.00 bits per heavy atom. The largest absolute Gasteiger partial charge is 0.252 e. The van der Waals surface area contributed by atoms with Gasteiger partial charge in [-0.15, -0.1) is 0 Å². The molecule has 0 aromatic carbocycles. The van der Waals surface area contributed by atoms with Gasteiger partial charge in [-0.2, -0.15) is 0 Å². The van der Waals surface area contributed by atoms with Crippen LogP contribution in [0.15, 0.2) is 18.3 Å². The summed E-state index contributed by atoms with van der Waals surface area (Å²) >= 11 is 11.6. The van der Waals surface area contributed by atoms with Crippen molar-refractivity contribution in [3.8, 4) is 11.5 Å². The van der Waals surface area contributed by atoms with Crippen molar-refractivity contribution in [1.82, 2.24) is 15.0 Å². The fourth-order valence-corrected chi connectivity index (χ4v) is 1.87. The minimum Gasteiger partial charge on any atom is -0.252 e. The van der Waals surface area contributed by atoms with Crippen LogP contribution < -0.4 is 0 Å². The maximum Gasteiger partial charge on any atom is 0.181 e. The molecule has 0 radical (unpaired) electrons. The summed E-state index contributed by atoms with van der Waals surface area (Å²) in [7, 11) is 0. The summed E-state index contributed by atoms with van der Waals surface area (Å²) in [6, 6.07) is 3.51. The molecule has 0 fully saturated rings. The van der Waals surface area contributed by atoms with Gasteiger partial charge in [-0.1, -0.05) is 29.3 Å². The van der Waals surface area contributed by atoms with E-state index in [0.29, 0.717) is 21.8 Å². The van der Waals surface area contributed by atoms with Crippen LogP contribution in [0.1, 0.15) is 11.1 Å². The summed E-state index contributed by atoms with van der Waals surface area (Å²) in [5.74, 6) is 0.454. The molecule has 3 nitrogen and oxygen atoms in total. The average Bonchev–Trinajstić information content (AvgIpc) is 2.15. The van der Waals surface area contributed by atoms with Crippen molar-refractivity contribution in [2.24, 2.45) is 0 Å². The van der Waals surface area contributed by atoms with Gasteiger partial charge >= 0.3 is 0 Å². The lowest BCUT2D eigenvalue weighted by molar-refractivity contribution is 1.11. The van der Waals surface area contributed by atoms with Gasteiger partial charge in [0.2, 0.25) is 0 Å². The van der Waals surface area contributed by atoms with E-state index < -0.39 is 0 Å². The van der Waals surface area contributed by atoms with Crippen LogP contribution >= 0.6 is 23.2 Å². The van der Waals surface area contributed by atoms with Crippen LogP contribution in [0.5, 0.6) is 0 Å². The third-order valence-corrected chi connectivity index (χ3v) is 2.48. The van der Waals surface area contributed by atoms with Crippen LogP contribution in [0.2, 0.25) is 10.3 Å². The molecule has 16 heavy (non-hydrogen) atoms. The van der Waals surface area contributed by atoms with Crippen molar-refractivity contribution in [2.75, 3.05) is 0 Å². The first kappa shape index (κ1) is 11.3. The Bertz CT molecular complexity index is 520. The zero-order valence-electron chi connectivity index (χ0n) is 8.83. The second-order valence-corrected chi connectivity index (χ2v) is 4.29. The monoisotopic (exact) mass is 253 g/mol. The van der Waals surface area contributed by atoms with E-state index in [1.165, 1.54) is 6.07 Å². The molecule has 0 aliphatic carbocycles. The predicted octanol–water partition coefficient (Wildman–Crippen LogP) is 3.46. The van der Waals surface area contributed by atoms with Crippen molar-refractivity contribution in [2.45, 2.75) is 13.8 Å². The molecule has 0 atom stereocenters. The third-order valence-electron chi connectivity index (χ3n) is 2.09. The predicted molar refractivity (Wildman–Crippen MR) is 64.8 cm³/mol. The zero-order valence-corrected chi connectivity index (χ0v) is 10.3. The van der Waals surface area contributed by atoms with Gasteiger partial charge in [0.25, 0.3) is 0 Å². The highest BCUT2D eigenvalue weighted by Gasteiger charge is 2.09. The van der Waals surface area contributed by atoms with E-state index in [9.17, 15) is 0 Å². The second-order valence-electron chi connectivity index (χ2n) is 3.52. The molecule has 0 spiro atoms. The van der Waals surface area contributed by atoms with Crippen molar-refractivity contribution in [3.05, 3.63) is 39.8 Å². The third kappa shape index (κ3) is 2.31. The Hall–Kier alpha value is -1.19. The lowest BCUT2D eigenvalue weighted by Gasteiger charge is -2.04. The molecule has 5 heteroatoms. The van der Waals surface area contributed by atoms with Gasteiger partial charge < -0.3 is 0 Å². The van der Waals surface area contributed by atoms with Gasteiger partial charge in [-0.05, 0) is 25.0 Å². The quantitative estimate of drug-likeness (QED) is 0.731. The van der Waals surface area contributed by atoms with E-state index in [2.05, 4.69) is 15.0 Å². The summed E-state index contributed by atoms with van der Waals surface area (Å²) in [6.45, 7) is 3.93. The minimum atomic E-state index is 0.316. The smallest absolute Gasteiger partial charge is 0.181 e. The fraction of sp³-hybridized carbons (Fsp3) is 0.182. The molecule has 0 amide bonds. The highest BCUT2D eigenvalue weighted by Crippen LogP contribution is 2.21. The molecule has 2 heterocycles. The maximum absolute atomic E-state index is 5.82. The molecule has 2 rings (SSSR count). The highest BCUT2D eigenvalue weighted by molar-refractivity contribution is 6.33. The second kappa shape index (κ2) is 4.36. The Kier molecular flexibility index (Phi) is 3.08.